The Morgan fingerprint density at radius 1 is 1.09 bits per heavy atom. The summed E-state index contributed by atoms with van der Waals surface area (Å²) in [7, 11) is 0. The van der Waals surface area contributed by atoms with Crippen LogP contribution in [0.15, 0.2) is 30.3 Å². The Morgan fingerprint density at radius 3 is 2.40 bits per heavy atom. The minimum Gasteiger partial charge on any atom is -0.490 e. The monoisotopic (exact) mass is 491 g/mol. The zero-order chi connectivity index (χ0) is 24.7. The van der Waals surface area contributed by atoms with E-state index in [-0.39, 0.29) is 35.2 Å². The molecule has 2 aromatic rings. The highest BCUT2D eigenvalue weighted by atomic mass is 19.4. The van der Waals surface area contributed by atoms with Crippen molar-refractivity contribution in [3.05, 3.63) is 41.5 Å². The Morgan fingerprint density at radius 2 is 1.77 bits per heavy atom. The largest absolute Gasteiger partial charge is 0.490 e. The lowest BCUT2D eigenvalue weighted by molar-refractivity contribution is -0.151. The van der Waals surface area contributed by atoms with E-state index in [0.717, 1.165) is 31.2 Å². The van der Waals surface area contributed by atoms with Crippen molar-refractivity contribution in [2.24, 2.45) is 11.8 Å². The first kappa shape index (κ1) is 24.4. The molecule has 3 aliphatic rings. The zero-order valence-electron chi connectivity index (χ0n) is 19.9. The van der Waals surface area contributed by atoms with Crippen LogP contribution in [0.25, 0.3) is 10.8 Å². The third kappa shape index (κ3) is 5.14. The maximum absolute atomic E-state index is 14.2. The Hall–Kier alpha value is -2.32. The second kappa shape index (κ2) is 9.62. The van der Waals surface area contributed by atoms with Gasteiger partial charge in [0.05, 0.1) is 25.2 Å². The van der Waals surface area contributed by atoms with Crippen LogP contribution in [-0.2, 0) is 22.3 Å². The molecule has 8 heteroatoms. The molecule has 1 N–H and O–H groups in total. The fraction of sp³-hybridized carbons (Fsp3) is 0.593. The van der Waals surface area contributed by atoms with E-state index in [4.69, 9.17) is 9.47 Å². The molecular weight excluding hydrogens is 459 g/mol. The minimum absolute atomic E-state index is 0.000907. The van der Waals surface area contributed by atoms with Crippen molar-refractivity contribution in [1.29, 1.82) is 0 Å². The summed E-state index contributed by atoms with van der Waals surface area (Å²) in [6.45, 7) is 3.68. The highest BCUT2D eigenvalue weighted by Crippen LogP contribution is 2.43. The normalized spacial score (nSPS) is 29.8. The van der Waals surface area contributed by atoms with Crippen LogP contribution in [-0.4, -0.2) is 47.4 Å². The molecule has 190 valence electrons. The Balaban J connectivity index is 1.40. The molecule has 1 aliphatic carbocycles. The molecule has 5 nitrogen and oxygen atoms in total. The van der Waals surface area contributed by atoms with Crippen molar-refractivity contribution in [3.8, 4) is 5.75 Å². The first-order valence-corrected chi connectivity index (χ1v) is 12.5. The average Bonchev–Trinajstić information content (AvgIpc) is 2.79. The van der Waals surface area contributed by atoms with Gasteiger partial charge in [0.1, 0.15) is 11.3 Å². The minimum atomic E-state index is -4.52. The van der Waals surface area contributed by atoms with Crippen molar-refractivity contribution in [2.45, 2.75) is 76.4 Å². The number of aliphatic carboxylic acids is 1. The first-order chi connectivity index (χ1) is 16.7. The van der Waals surface area contributed by atoms with Gasteiger partial charge in [-0.1, -0.05) is 25.1 Å². The summed E-state index contributed by atoms with van der Waals surface area (Å²) in [5.74, 6) is -0.637. The summed E-state index contributed by atoms with van der Waals surface area (Å²) in [6.07, 6.45) is -0.152. The van der Waals surface area contributed by atoms with Gasteiger partial charge in [0, 0.05) is 18.6 Å². The summed E-state index contributed by atoms with van der Waals surface area (Å²) in [5, 5.41) is 10.1. The summed E-state index contributed by atoms with van der Waals surface area (Å²) < 4.78 is 54.1. The van der Waals surface area contributed by atoms with E-state index in [9.17, 15) is 23.1 Å². The first-order valence-electron chi connectivity index (χ1n) is 12.5. The summed E-state index contributed by atoms with van der Waals surface area (Å²) in [5.41, 5.74) is 0.207. The number of hydrogen-bond acceptors (Lipinski definition) is 4. The van der Waals surface area contributed by atoms with Gasteiger partial charge >= 0.3 is 12.1 Å². The molecule has 2 bridgehead atoms. The van der Waals surface area contributed by atoms with E-state index in [1.165, 1.54) is 6.07 Å². The highest BCUT2D eigenvalue weighted by Gasteiger charge is 2.41. The number of piperidine rings is 1. The molecule has 0 amide bonds. The number of halogens is 3. The Bertz CT molecular complexity index is 1070. The van der Waals surface area contributed by atoms with E-state index >= 15 is 0 Å². The molecule has 2 unspecified atom stereocenters. The van der Waals surface area contributed by atoms with Crippen LogP contribution in [0.3, 0.4) is 0 Å². The number of rotatable bonds is 5. The van der Waals surface area contributed by atoms with Gasteiger partial charge in [-0.05, 0) is 72.9 Å². The van der Waals surface area contributed by atoms with E-state index in [0.29, 0.717) is 43.9 Å². The van der Waals surface area contributed by atoms with Gasteiger partial charge in [0.15, 0.2) is 0 Å². The van der Waals surface area contributed by atoms with Gasteiger partial charge in [0.2, 0.25) is 0 Å². The van der Waals surface area contributed by atoms with Crippen molar-refractivity contribution < 1.29 is 32.5 Å². The molecule has 0 spiro atoms. The van der Waals surface area contributed by atoms with Gasteiger partial charge in [-0.2, -0.15) is 13.2 Å². The van der Waals surface area contributed by atoms with Crippen LogP contribution >= 0.6 is 0 Å². The topological polar surface area (TPSA) is 59.0 Å². The van der Waals surface area contributed by atoms with Gasteiger partial charge in [-0.15, -0.1) is 0 Å². The van der Waals surface area contributed by atoms with Crippen molar-refractivity contribution in [2.75, 3.05) is 13.2 Å². The number of benzene rings is 2. The van der Waals surface area contributed by atoms with Gasteiger partial charge < -0.3 is 14.6 Å². The number of morpholine rings is 1. The van der Waals surface area contributed by atoms with Crippen LogP contribution in [0.5, 0.6) is 5.75 Å². The number of ether oxygens (including phenoxy) is 2. The molecule has 2 heterocycles. The summed E-state index contributed by atoms with van der Waals surface area (Å²) >= 11 is 0. The predicted octanol–water partition coefficient (Wildman–Crippen LogP) is 5.88. The maximum atomic E-state index is 14.2. The molecule has 0 radical (unpaired) electrons. The summed E-state index contributed by atoms with van der Waals surface area (Å²) in [6, 6.07) is 8.31. The second-order valence-electron chi connectivity index (χ2n) is 10.5. The highest BCUT2D eigenvalue weighted by molar-refractivity contribution is 5.89. The third-order valence-electron chi connectivity index (χ3n) is 7.97. The average molecular weight is 492 g/mol. The lowest BCUT2D eigenvalue weighted by Crippen LogP contribution is -2.57. The summed E-state index contributed by atoms with van der Waals surface area (Å²) in [4.78, 5) is 13.8. The van der Waals surface area contributed by atoms with Gasteiger partial charge in [0.25, 0.3) is 0 Å². The van der Waals surface area contributed by atoms with Crippen molar-refractivity contribution >= 4 is 16.7 Å². The van der Waals surface area contributed by atoms with E-state index in [1.54, 1.807) is 18.2 Å². The maximum Gasteiger partial charge on any atom is 0.420 e. The van der Waals surface area contributed by atoms with Crippen LogP contribution in [0.1, 0.15) is 56.6 Å². The number of carbonyl (C=O) groups is 1. The lowest BCUT2D eigenvalue weighted by Gasteiger charge is -2.47. The molecule has 2 aromatic carbocycles. The molecule has 2 saturated heterocycles. The number of hydrogen-bond donors (Lipinski definition) is 1. The Kier molecular flexibility index (Phi) is 6.70. The van der Waals surface area contributed by atoms with Crippen LogP contribution in [0, 0.1) is 11.8 Å². The molecule has 1 saturated carbocycles. The molecule has 35 heavy (non-hydrogen) atoms. The number of alkyl halides is 3. The molecule has 2 aliphatic heterocycles. The number of fused-ring (bicyclic) bond motifs is 3. The van der Waals surface area contributed by atoms with Gasteiger partial charge in [-0.3, -0.25) is 9.69 Å². The van der Waals surface area contributed by atoms with Crippen LogP contribution in [0.4, 0.5) is 13.2 Å². The lowest BCUT2D eigenvalue weighted by atomic mass is 9.84. The standard InChI is InChI=1S/C27H32F3NO4/c1-16-2-6-22(7-3-16)35-24-9-5-18-10-17(4-8-23(18)25(24)27(28,29)30)13-31-20-11-19(26(32)33)12-21(31)15-34-14-20/h4-5,8-10,16,19-22H,2-3,6-7,11-15H2,1H3,(H,32,33)/t16-,19?,20?,21?,22+. The van der Waals surface area contributed by atoms with E-state index in [1.807, 2.05) is 6.07 Å². The van der Waals surface area contributed by atoms with Crippen molar-refractivity contribution in [1.82, 2.24) is 4.90 Å². The number of carboxylic acids is 1. The molecule has 5 rings (SSSR count). The fourth-order valence-electron chi connectivity index (χ4n) is 6.04. The molecular formula is C27H32F3NO4. The van der Waals surface area contributed by atoms with E-state index in [2.05, 4.69) is 11.8 Å². The Labute approximate surface area is 203 Å². The predicted molar refractivity (Wildman–Crippen MR) is 125 cm³/mol. The number of nitrogens with zero attached hydrogens (tertiary/aromatic N) is 1. The molecule has 2 atom stereocenters. The quantitative estimate of drug-likeness (QED) is 0.566. The van der Waals surface area contributed by atoms with E-state index < -0.39 is 17.7 Å². The van der Waals surface area contributed by atoms with Gasteiger partial charge in [-0.25, -0.2) is 0 Å². The van der Waals surface area contributed by atoms with Crippen molar-refractivity contribution in [3.63, 3.8) is 0 Å². The van der Waals surface area contributed by atoms with Crippen LogP contribution in [0.2, 0.25) is 0 Å². The van der Waals surface area contributed by atoms with Crippen LogP contribution < -0.4 is 4.74 Å². The molecule has 3 fully saturated rings. The zero-order valence-corrected chi connectivity index (χ0v) is 19.9. The number of carboxylic acid groups (broad SMARTS) is 1. The second-order valence-corrected chi connectivity index (χ2v) is 10.5. The smallest absolute Gasteiger partial charge is 0.420 e. The molecule has 0 aromatic heterocycles. The SMILES string of the molecule is C[C@H]1CC[C@@H](Oc2ccc3cc(CN4C5COCC4CC(C(=O)O)C5)ccc3c2C(F)(F)F)CC1. The fourth-order valence-corrected chi connectivity index (χ4v) is 6.04. The third-order valence-corrected chi connectivity index (χ3v) is 7.97.